The van der Waals surface area contributed by atoms with Crippen LogP contribution in [0, 0.1) is 6.92 Å². The fraction of sp³-hybridized carbons (Fsp3) is 0.176. The molecule has 3 aromatic rings. The number of fused-ring (bicyclic) bond motifs is 1. The molecule has 3 nitrogen and oxygen atoms in total. The van der Waals surface area contributed by atoms with Crippen molar-refractivity contribution in [2.45, 2.75) is 13.5 Å². The average molecular weight is 266 g/mol. The van der Waals surface area contributed by atoms with Gasteiger partial charge in [0.15, 0.2) is 0 Å². The highest BCUT2D eigenvalue weighted by atomic mass is 16.5. The minimum absolute atomic E-state index is 0.768. The number of methoxy groups -OCH3 is 1. The monoisotopic (exact) mass is 266 g/mol. The van der Waals surface area contributed by atoms with Crippen molar-refractivity contribution in [2.75, 3.05) is 12.4 Å². The second kappa shape index (κ2) is 5.29. The second-order valence-corrected chi connectivity index (χ2v) is 4.92. The molecule has 0 radical (unpaired) electrons. The van der Waals surface area contributed by atoms with Crippen LogP contribution in [0.3, 0.4) is 0 Å². The van der Waals surface area contributed by atoms with E-state index in [9.17, 15) is 0 Å². The molecule has 0 saturated carbocycles. The number of hydrogen-bond donors (Lipinski definition) is 2. The number of nitrogens with one attached hydrogen (secondary N) is 2. The Morgan fingerprint density at radius 3 is 2.85 bits per heavy atom. The molecule has 2 N–H and O–H groups in total. The Hall–Kier alpha value is -2.42. The lowest BCUT2D eigenvalue weighted by Gasteiger charge is -2.11. The lowest BCUT2D eigenvalue weighted by molar-refractivity contribution is 0.416. The molecular formula is C17H18N2O. The normalized spacial score (nSPS) is 10.7. The molecular weight excluding hydrogens is 248 g/mol. The smallest absolute Gasteiger partial charge is 0.141 e. The van der Waals surface area contributed by atoms with Crippen LogP contribution in [0.2, 0.25) is 0 Å². The fourth-order valence-corrected chi connectivity index (χ4v) is 2.43. The SMILES string of the molecule is COc1ccc(C)cc1NCc1c[nH]c2ccccc12. The first-order chi connectivity index (χ1) is 9.78. The van der Waals surface area contributed by atoms with Crippen molar-refractivity contribution < 1.29 is 4.74 Å². The summed E-state index contributed by atoms with van der Waals surface area (Å²) in [5.41, 5.74) is 4.66. The molecule has 0 unspecified atom stereocenters. The second-order valence-electron chi connectivity index (χ2n) is 4.92. The van der Waals surface area contributed by atoms with Crippen LogP contribution in [0.1, 0.15) is 11.1 Å². The number of aromatic nitrogens is 1. The summed E-state index contributed by atoms with van der Waals surface area (Å²) in [6.45, 7) is 2.85. The molecule has 20 heavy (non-hydrogen) atoms. The zero-order valence-corrected chi connectivity index (χ0v) is 11.7. The molecule has 102 valence electrons. The van der Waals surface area contributed by atoms with Crippen LogP contribution in [-0.4, -0.2) is 12.1 Å². The number of anilines is 1. The van der Waals surface area contributed by atoms with Crippen molar-refractivity contribution >= 4 is 16.6 Å². The van der Waals surface area contributed by atoms with E-state index in [4.69, 9.17) is 4.74 Å². The average Bonchev–Trinajstić information content (AvgIpc) is 2.88. The van der Waals surface area contributed by atoms with Gasteiger partial charge < -0.3 is 15.0 Å². The van der Waals surface area contributed by atoms with E-state index in [-0.39, 0.29) is 0 Å². The Kier molecular flexibility index (Phi) is 3.33. The van der Waals surface area contributed by atoms with Crippen molar-refractivity contribution in [1.29, 1.82) is 0 Å². The van der Waals surface area contributed by atoms with Crippen molar-refractivity contribution in [3.05, 3.63) is 59.8 Å². The first-order valence-corrected chi connectivity index (χ1v) is 6.71. The van der Waals surface area contributed by atoms with Crippen molar-refractivity contribution in [3.8, 4) is 5.75 Å². The largest absolute Gasteiger partial charge is 0.495 e. The quantitative estimate of drug-likeness (QED) is 0.746. The fourth-order valence-electron chi connectivity index (χ4n) is 2.43. The lowest BCUT2D eigenvalue weighted by Crippen LogP contribution is -2.01. The van der Waals surface area contributed by atoms with Gasteiger partial charge in [0, 0.05) is 23.6 Å². The highest BCUT2D eigenvalue weighted by Gasteiger charge is 2.05. The van der Waals surface area contributed by atoms with E-state index < -0.39 is 0 Å². The number of H-pyrrole nitrogens is 1. The van der Waals surface area contributed by atoms with Crippen LogP contribution < -0.4 is 10.1 Å². The van der Waals surface area contributed by atoms with Gasteiger partial charge in [-0.15, -0.1) is 0 Å². The van der Waals surface area contributed by atoms with E-state index in [1.807, 2.05) is 12.1 Å². The van der Waals surface area contributed by atoms with Gasteiger partial charge in [0.1, 0.15) is 5.75 Å². The molecule has 0 saturated heterocycles. The van der Waals surface area contributed by atoms with E-state index in [1.165, 1.54) is 22.0 Å². The summed E-state index contributed by atoms with van der Waals surface area (Å²) in [5.74, 6) is 0.871. The molecule has 0 spiro atoms. The molecule has 1 heterocycles. The van der Waals surface area contributed by atoms with Crippen molar-refractivity contribution in [1.82, 2.24) is 4.98 Å². The Labute approximate surface area is 118 Å². The minimum atomic E-state index is 0.768. The van der Waals surface area contributed by atoms with Gasteiger partial charge in [-0.2, -0.15) is 0 Å². The summed E-state index contributed by atoms with van der Waals surface area (Å²) in [4.78, 5) is 3.29. The highest BCUT2D eigenvalue weighted by Crippen LogP contribution is 2.26. The van der Waals surface area contributed by atoms with Crippen molar-refractivity contribution in [2.24, 2.45) is 0 Å². The van der Waals surface area contributed by atoms with Gasteiger partial charge in [0.2, 0.25) is 0 Å². The maximum Gasteiger partial charge on any atom is 0.141 e. The number of ether oxygens (including phenoxy) is 1. The van der Waals surface area contributed by atoms with Crippen LogP contribution in [-0.2, 0) is 6.54 Å². The molecule has 1 aromatic heterocycles. The molecule has 0 bridgehead atoms. The molecule has 2 aromatic carbocycles. The van der Waals surface area contributed by atoms with Crippen LogP contribution in [0.5, 0.6) is 5.75 Å². The zero-order valence-electron chi connectivity index (χ0n) is 11.7. The summed E-state index contributed by atoms with van der Waals surface area (Å²) in [6.07, 6.45) is 2.06. The van der Waals surface area contributed by atoms with E-state index in [0.717, 1.165) is 18.0 Å². The summed E-state index contributed by atoms with van der Waals surface area (Å²) < 4.78 is 5.39. The summed E-state index contributed by atoms with van der Waals surface area (Å²) in [5, 5.41) is 4.71. The standard InChI is InChI=1S/C17H18N2O/c1-12-7-8-17(20-2)16(9-12)19-11-13-10-18-15-6-4-3-5-14(13)15/h3-10,18-19H,11H2,1-2H3. The molecule has 0 aliphatic carbocycles. The predicted octanol–water partition coefficient (Wildman–Crippen LogP) is 4.10. The topological polar surface area (TPSA) is 37.0 Å². The van der Waals surface area contributed by atoms with E-state index in [2.05, 4.69) is 53.8 Å². The number of rotatable bonds is 4. The maximum absolute atomic E-state index is 5.39. The zero-order chi connectivity index (χ0) is 13.9. The third-order valence-corrected chi connectivity index (χ3v) is 3.50. The van der Waals surface area contributed by atoms with Gasteiger partial charge in [0.05, 0.1) is 12.8 Å². The summed E-state index contributed by atoms with van der Waals surface area (Å²) in [7, 11) is 1.70. The van der Waals surface area contributed by atoms with Crippen LogP contribution in [0.4, 0.5) is 5.69 Å². The molecule has 0 aliphatic heterocycles. The molecule has 0 aliphatic rings. The van der Waals surface area contributed by atoms with Crippen LogP contribution >= 0.6 is 0 Å². The van der Waals surface area contributed by atoms with Gasteiger partial charge >= 0.3 is 0 Å². The Balaban J connectivity index is 1.84. The maximum atomic E-state index is 5.39. The summed E-state index contributed by atoms with van der Waals surface area (Å²) in [6, 6.07) is 14.5. The van der Waals surface area contributed by atoms with Gasteiger partial charge in [-0.25, -0.2) is 0 Å². The van der Waals surface area contributed by atoms with Crippen LogP contribution in [0.15, 0.2) is 48.7 Å². The first-order valence-electron chi connectivity index (χ1n) is 6.71. The molecule has 3 rings (SSSR count). The molecule has 0 amide bonds. The molecule has 0 fully saturated rings. The van der Waals surface area contributed by atoms with Gasteiger partial charge in [-0.05, 0) is 36.2 Å². The van der Waals surface area contributed by atoms with E-state index in [1.54, 1.807) is 7.11 Å². The third-order valence-electron chi connectivity index (χ3n) is 3.50. The number of benzene rings is 2. The van der Waals surface area contributed by atoms with Crippen LogP contribution in [0.25, 0.3) is 10.9 Å². The number of aryl methyl sites for hydroxylation is 1. The van der Waals surface area contributed by atoms with Gasteiger partial charge in [-0.3, -0.25) is 0 Å². The number of hydrogen-bond acceptors (Lipinski definition) is 2. The Bertz CT molecular complexity index is 731. The lowest BCUT2D eigenvalue weighted by atomic mass is 10.1. The van der Waals surface area contributed by atoms with Gasteiger partial charge in [-0.1, -0.05) is 24.3 Å². The third kappa shape index (κ3) is 2.35. The Morgan fingerprint density at radius 2 is 2.00 bits per heavy atom. The molecule has 0 atom stereocenters. The minimum Gasteiger partial charge on any atom is -0.495 e. The highest BCUT2D eigenvalue weighted by molar-refractivity contribution is 5.83. The van der Waals surface area contributed by atoms with E-state index in [0.29, 0.717) is 0 Å². The first kappa shape index (κ1) is 12.6. The van der Waals surface area contributed by atoms with Crippen molar-refractivity contribution in [3.63, 3.8) is 0 Å². The van der Waals surface area contributed by atoms with E-state index >= 15 is 0 Å². The number of para-hydroxylation sites is 1. The molecule has 3 heteroatoms. The predicted molar refractivity (Wildman–Crippen MR) is 83.4 cm³/mol. The summed E-state index contributed by atoms with van der Waals surface area (Å²) >= 11 is 0. The Morgan fingerprint density at radius 1 is 1.15 bits per heavy atom. The number of aromatic amines is 1. The van der Waals surface area contributed by atoms with Gasteiger partial charge in [0.25, 0.3) is 0 Å².